The van der Waals surface area contributed by atoms with Gasteiger partial charge in [-0.25, -0.2) is 4.57 Å². The van der Waals surface area contributed by atoms with Crippen molar-refractivity contribution in [2.24, 2.45) is 0 Å². The molecule has 114 valence electrons. The molecule has 0 aromatic rings. The molecule has 0 saturated carbocycles. The minimum absolute atomic E-state index is 0.926. The number of hydrogen-bond donors (Lipinski definition) is 7. The number of aliphatic hydroxyl groups excluding tert-OH is 3. The molecule has 0 amide bonds. The van der Waals surface area contributed by atoms with Crippen LogP contribution in [-0.2, 0) is 18.4 Å². The van der Waals surface area contributed by atoms with Gasteiger partial charge in [-0.15, -0.1) is 0 Å². The van der Waals surface area contributed by atoms with Crippen LogP contribution < -0.4 is 0 Å². The third kappa shape index (κ3) is 3.41. The van der Waals surface area contributed by atoms with Crippen LogP contribution in [0.1, 0.15) is 0 Å². The maximum absolute atomic E-state index is 11.2. The molecule has 4 atom stereocenters. The van der Waals surface area contributed by atoms with Gasteiger partial charge in [-0.1, -0.05) is 0 Å². The average molecular weight is 324 g/mol. The lowest BCUT2D eigenvalue weighted by Gasteiger charge is -2.30. The van der Waals surface area contributed by atoms with E-state index in [1.54, 1.807) is 0 Å². The maximum Gasteiger partial charge on any atom is 0.469 e. The summed E-state index contributed by atoms with van der Waals surface area (Å²) in [6.45, 7) is -2.23. The Morgan fingerprint density at radius 1 is 1.16 bits per heavy atom. The van der Waals surface area contributed by atoms with Crippen molar-refractivity contribution in [1.29, 1.82) is 0 Å². The first-order valence-corrected chi connectivity index (χ1v) is 7.99. The van der Waals surface area contributed by atoms with Crippen LogP contribution in [0.5, 0.6) is 0 Å². The topological polar surface area (TPSA) is 194 Å². The van der Waals surface area contributed by atoms with Crippen LogP contribution in [0.2, 0.25) is 0 Å². The maximum atomic E-state index is 11.2. The van der Waals surface area contributed by atoms with E-state index in [1.165, 1.54) is 0 Å². The Hall–Kier alpha value is 0.1000. The highest BCUT2D eigenvalue weighted by Crippen LogP contribution is 2.57. The molecule has 19 heavy (non-hydrogen) atoms. The second-order valence-corrected chi connectivity index (χ2v) is 7.01. The lowest BCUT2D eigenvalue weighted by atomic mass is 10.1. The van der Waals surface area contributed by atoms with E-state index in [2.05, 4.69) is 4.52 Å². The lowest BCUT2D eigenvalue weighted by molar-refractivity contribution is -0.0774. The van der Waals surface area contributed by atoms with Gasteiger partial charge in [0.05, 0.1) is 13.2 Å². The van der Waals surface area contributed by atoms with Crippen molar-refractivity contribution in [1.82, 2.24) is 0 Å². The SMILES string of the molecule is O=P(O)(O)OC[C@H]1O[C@@](CO)(P(=O)(O)O)[C@@H](O)[C@@H]1O. The summed E-state index contributed by atoms with van der Waals surface area (Å²) >= 11 is 0. The van der Waals surface area contributed by atoms with E-state index < -0.39 is 52.3 Å². The van der Waals surface area contributed by atoms with Crippen LogP contribution in [0.3, 0.4) is 0 Å². The monoisotopic (exact) mass is 324 g/mol. The molecule has 1 aliphatic rings. The molecule has 0 aliphatic carbocycles. The zero-order chi connectivity index (χ0) is 15.1. The van der Waals surface area contributed by atoms with Gasteiger partial charge >= 0.3 is 15.4 Å². The predicted octanol–water partition coefficient (Wildman–Crippen LogP) is -2.92. The summed E-state index contributed by atoms with van der Waals surface area (Å²) in [6, 6.07) is 0. The summed E-state index contributed by atoms with van der Waals surface area (Å²) in [5.74, 6) is 0. The van der Waals surface area contributed by atoms with E-state index in [4.69, 9.17) is 29.4 Å². The highest BCUT2D eigenvalue weighted by molar-refractivity contribution is 7.53. The summed E-state index contributed by atoms with van der Waals surface area (Å²) in [5.41, 5.74) is 0. The Balaban J connectivity index is 2.92. The van der Waals surface area contributed by atoms with Crippen molar-refractivity contribution in [3.8, 4) is 0 Å². The van der Waals surface area contributed by atoms with Crippen LogP contribution in [0, 0.1) is 0 Å². The molecule has 0 aromatic carbocycles. The van der Waals surface area contributed by atoms with Crippen molar-refractivity contribution >= 4 is 15.4 Å². The number of phosphoric acid groups is 1. The Kier molecular flexibility index (Phi) is 4.94. The Bertz CT molecular complexity index is 413. The standard InChI is InChI=1S/C6H14O11P2/c7-2-6(18(10,11)12)5(9)4(8)3(17-6)1-16-19(13,14)15/h3-5,7-9H,1-2H2,(H2,10,11,12)(H2,13,14,15)/t3-,4-,5+,6+/m1/s1. The van der Waals surface area contributed by atoms with E-state index in [0.29, 0.717) is 0 Å². The molecule has 0 bridgehead atoms. The largest absolute Gasteiger partial charge is 0.469 e. The van der Waals surface area contributed by atoms with Gasteiger partial charge in [0.1, 0.15) is 18.3 Å². The minimum Gasteiger partial charge on any atom is -0.393 e. The molecule has 0 spiro atoms. The number of phosphoric ester groups is 1. The second kappa shape index (κ2) is 5.47. The third-order valence-corrected chi connectivity index (χ3v) is 4.63. The van der Waals surface area contributed by atoms with Gasteiger partial charge in [0.25, 0.3) is 0 Å². The van der Waals surface area contributed by atoms with Gasteiger partial charge < -0.3 is 39.6 Å². The second-order valence-electron chi connectivity index (χ2n) is 3.93. The summed E-state index contributed by atoms with van der Waals surface area (Å²) in [6.07, 6.45) is -5.67. The lowest BCUT2D eigenvalue weighted by Crippen LogP contribution is -2.45. The molecular weight excluding hydrogens is 310 g/mol. The number of hydrogen-bond acceptors (Lipinski definition) is 7. The highest BCUT2D eigenvalue weighted by atomic mass is 31.2. The molecule has 1 rings (SSSR count). The summed E-state index contributed by atoms with van der Waals surface area (Å²) in [7, 11) is -10.1. The fourth-order valence-corrected chi connectivity index (χ4v) is 2.93. The zero-order valence-corrected chi connectivity index (χ0v) is 11.1. The van der Waals surface area contributed by atoms with Gasteiger partial charge in [0.15, 0.2) is 0 Å². The molecule has 1 saturated heterocycles. The van der Waals surface area contributed by atoms with Crippen LogP contribution >= 0.6 is 15.4 Å². The molecule has 13 heteroatoms. The fraction of sp³-hybridized carbons (Fsp3) is 1.00. The first kappa shape index (κ1) is 17.2. The fourth-order valence-electron chi connectivity index (χ4n) is 1.64. The van der Waals surface area contributed by atoms with E-state index in [9.17, 15) is 19.3 Å². The normalized spacial score (nSPS) is 36.7. The predicted molar refractivity (Wildman–Crippen MR) is 56.7 cm³/mol. The van der Waals surface area contributed by atoms with Crippen molar-refractivity contribution in [3.05, 3.63) is 0 Å². The molecule has 0 unspecified atom stereocenters. The quantitative estimate of drug-likeness (QED) is 0.256. The van der Waals surface area contributed by atoms with Crippen LogP contribution in [0.15, 0.2) is 0 Å². The summed E-state index contributed by atoms with van der Waals surface area (Å²) in [4.78, 5) is 35.1. The molecule has 0 aromatic heterocycles. The first-order chi connectivity index (χ1) is 8.44. The van der Waals surface area contributed by atoms with Gasteiger partial charge in [-0.05, 0) is 0 Å². The van der Waals surface area contributed by atoms with Crippen LogP contribution in [0.4, 0.5) is 0 Å². The minimum atomic E-state index is -5.17. The van der Waals surface area contributed by atoms with Crippen molar-refractivity contribution in [3.63, 3.8) is 0 Å². The summed E-state index contributed by atoms with van der Waals surface area (Å²) < 4.78 is 30.4. The highest BCUT2D eigenvalue weighted by Gasteiger charge is 2.64. The Morgan fingerprint density at radius 2 is 1.68 bits per heavy atom. The van der Waals surface area contributed by atoms with E-state index in [-0.39, 0.29) is 0 Å². The third-order valence-electron chi connectivity index (χ3n) is 2.65. The van der Waals surface area contributed by atoms with Crippen molar-refractivity contribution < 1.29 is 53.3 Å². The van der Waals surface area contributed by atoms with E-state index in [1.807, 2.05) is 0 Å². The number of rotatable bonds is 5. The molecular formula is C6H14O11P2. The number of ether oxygens (including phenoxy) is 1. The first-order valence-electron chi connectivity index (χ1n) is 4.85. The van der Waals surface area contributed by atoms with E-state index in [0.717, 1.165) is 0 Å². The van der Waals surface area contributed by atoms with Gasteiger partial charge in [-0.2, -0.15) is 0 Å². The van der Waals surface area contributed by atoms with Gasteiger partial charge in [-0.3, -0.25) is 9.09 Å². The van der Waals surface area contributed by atoms with Crippen molar-refractivity contribution in [2.45, 2.75) is 23.7 Å². The van der Waals surface area contributed by atoms with E-state index >= 15 is 0 Å². The molecule has 1 heterocycles. The van der Waals surface area contributed by atoms with Gasteiger partial charge in [0.2, 0.25) is 5.34 Å². The van der Waals surface area contributed by atoms with Crippen molar-refractivity contribution in [2.75, 3.05) is 13.2 Å². The molecule has 1 fully saturated rings. The smallest absolute Gasteiger partial charge is 0.393 e. The van der Waals surface area contributed by atoms with Crippen LogP contribution in [0.25, 0.3) is 0 Å². The molecule has 0 radical (unpaired) electrons. The van der Waals surface area contributed by atoms with Gasteiger partial charge in [0, 0.05) is 0 Å². The summed E-state index contributed by atoms with van der Waals surface area (Å²) in [5, 5.41) is 25.3. The Labute approximate surface area is 106 Å². The average Bonchev–Trinajstić information content (AvgIpc) is 2.49. The molecule has 7 N–H and O–H groups in total. The Morgan fingerprint density at radius 3 is 2.00 bits per heavy atom. The van der Waals surface area contributed by atoms with Crippen LogP contribution in [-0.4, -0.2) is 71.8 Å². The molecule has 1 aliphatic heterocycles. The number of aliphatic hydroxyl groups is 3. The molecule has 11 nitrogen and oxygen atoms in total. The zero-order valence-electron chi connectivity index (χ0n) is 9.30.